The number of carbonyl (C=O) groups is 1. The Bertz CT molecular complexity index is 738. The van der Waals surface area contributed by atoms with Gasteiger partial charge in [0.2, 0.25) is 0 Å². The lowest BCUT2D eigenvalue weighted by atomic mass is 10.3. The Morgan fingerprint density at radius 1 is 1.17 bits per heavy atom. The first-order chi connectivity index (χ1) is 13.7. The van der Waals surface area contributed by atoms with Crippen LogP contribution in [0.1, 0.15) is 23.9 Å². The number of aliphatic imine (C=N–C) groups is 1. The highest BCUT2D eigenvalue weighted by atomic mass is 127. The molecule has 2 aromatic rings. The van der Waals surface area contributed by atoms with E-state index in [1.165, 1.54) is 6.26 Å². The molecule has 0 aliphatic heterocycles. The van der Waals surface area contributed by atoms with Crippen molar-refractivity contribution >= 4 is 41.5 Å². The van der Waals surface area contributed by atoms with Gasteiger partial charge in [-0.1, -0.05) is 6.07 Å². The molecule has 0 aliphatic carbocycles. The Hall–Kier alpha value is -2.27. The number of nitrogens with one attached hydrogen (secondary N) is 3. The molecule has 1 heterocycles. The Morgan fingerprint density at radius 2 is 2.03 bits per heavy atom. The molecular formula is C20H29IN4O4. The van der Waals surface area contributed by atoms with Crippen molar-refractivity contribution in [3.8, 4) is 5.75 Å². The fourth-order valence-electron chi connectivity index (χ4n) is 2.33. The molecule has 0 unspecified atom stereocenters. The summed E-state index contributed by atoms with van der Waals surface area (Å²) in [6.07, 6.45) is 2.30. The molecule has 1 amide bonds. The molecule has 0 fully saturated rings. The van der Waals surface area contributed by atoms with Gasteiger partial charge in [0.25, 0.3) is 5.91 Å². The number of halogens is 1. The first kappa shape index (κ1) is 24.8. The van der Waals surface area contributed by atoms with Crippen molar-refractivity contribution in [1.29, 1.82) is 0 Å². The van der Waals surface area contributed by atoms with Crippen LogP contribution in [0.4, 0.5) is 5.69 Å². The molecule has 0 saturated heterocycles. The zero-order valence-electron chi connectivity index (χ0n) is 16.8. The maximum Gasteiger partial charge on any atom is 0.287 e. The van der Waals surface area contributed by atoms with Crippen molar-refractivity contribution in [3.63, 3.8) is 0 Å². The van der Waals surface area contributed by atoms with Crippen LogP contribution in [0.2, 0.25) is 0 Å². The summed E-state index contributed by atoms with van der Waals surface area (Å²) in [5, 5.41) is 9.18. The van der Waals surface area contributed by atoms with Crippen molar-refractivity contribution < 1.29 is 18.7 Å². The van der Waals surface area contributed by atoms with E-state index in [-0.39, 0.29) is 35.6 Å². The monoisotopic (exact) mass is 516 g/mol. The second kappa shape index (κ2) is 14.7. The summed E-state index contributed by atoms with van der Waals surface area (Å²) >= 11 is 0. The summed E-state index contributed by atoms with van der Waals surface area (Å²) in [6, 6.07) is 11.0. The fourth-order valence-corrected chi connectivity index (χ4v) is 2.33. The highest BCUT2D eigenvalue weighted by molar-refractivity contribution is 14.0. The zero-order chi connectivity index (χ0) is 20.0. The maximum atomic E-state index is 11.8. The number of carbonyl (C=O) groups excluding carboxylic acids is 1. The predicted octanol–water partition coefficient (Wildman–Crippen LogP) is 3.12. The van der Waals surface area contributed by atoms with Gasteiger partial charge in [-0.2, -0.15) is 0 Å². The van der Waals surface area contributed by atoms with Crippen LogP contribution in [0.3, 0.4) is 0 Å². The van der Waals surface area contributed by atoms with Gasteiger partial charge in [-0.25, -0.2) is 0 Å². The zero-order valence-corrected chi connectivity index (χ0v) is 19.1. The third-order valence-electron chi connectivity index (χ3n) is 3.61. The van der Waals surface area contributed by atoms with E-state index in [2.05, 4.69) is 20.9 Å². The molecular weight excluding hydrogens is 487 g/mol. The Kier molecular flexibility index (Phi) is 12.5. The van der Waals surface area contributed by atoms with Gasteiger partial charge in [0.1, 0.15) is 5.75 Å². The fraction of sp³-hybridized carbons (Fsp3) is 0.400. The van der Waals surface area contributed by atoms with Gasteiger partial charge in [-0.05, 0) is 31.2 Å². The van der Waals surface area contributed by atoms with Crippen LogP contribution in [0.25, 0.3) is 0 Å². The number of nitrogens with zero attached hydrogens (tertiary/aromatic N) is 1. The Balaban J connectivity index is 0.00000420. The number of hydrogen-bond acceptors (Lipinski definition) is 5. The van der Waals surface area contributed by atoms with Crippen molar-refractivity contribution in [2.75, 3.05) is 45.3 Å². The minimum atomic E-state index is -0.253. The lowest BCUT2D eigenvalue weighted by Crippen LogP contribution is -2.32. The van der Waals surface area contributed by atoms with Gasteiger partial charge in [0.05, 0.1) is 19.4 Å². The SMILES string of the molecule is CCNC(=NCCNC(=O)c1ccco1)Nc1cccc(OCCCOC)c1.I. The summed E-state index contributed by atoms with van der Waals surface area (Å²) in [5.41, 5.74) is 0.864. The minimum absolute atomic E-state index is 0. The smallest absolute Gasteiger partial charge is 0.287 e. The topological polar surface area (TPSA) is 97.1 Å². The summed E-state index contributed by atoms with van der Waals surface area (Å²) in [5.74, 6) is 1.45. The molecule has 0 spiro atoms. The van der Waals surface area contributed by atoms with Gasteiger partial charge < -0.3 is 29.8 Å². The van der Waals surface area contributed by atoms with Crippen molar-refractivity contribution in [2.45, 2.75) is 13.3 Å². The molecule has 2 rings (SSSR count). The van der Waals surface area contributed by atoms with Crippen LogP contribution in [0, 0.1) is 0 Å². The highest BCUT2D eigenvalue weighted by Gasteiger charge is 2.07. The second-order valence-corrected chi connectivity index (χ2v) is 5.84. The Labute approximate surface area is 188 Å². The quantitative estimate of drug-likeness (QED) is 0.184. The maximum absolute atomic E-state index is 11.8. The predicted molar refractivity (Wildman–Crippen MR) is 124 cm³/mol. The van der Waals surface area contributed by atoms with Crippen LogP contribution < -0.4 is 20.7 Å². The van der Waals surface area contributed by atoms with Gasteiger partial charge in [0, 0.05) is 45.0 Å². The molecule has 0 atom stereocenters. The molecule has 3 N–H and O–H groups in total. The van der Waals surface area contributed by atoms with Crippen LogP contribution in [0.15, 0.2) is 52.1 Å². The van der Waals surface area contributed by atoms with Gasteiger partial charge in [-0.15, -0.1) is 24.0 Å². The van der Waals surface area contributed by atoms with Crippen molar-refractivity contribution in [1.82, 2.24) is 10.6 Å². The van der Waals surface area contributed by atoms with E-state index in [1.807, 2.05) is 31.2 Å². The largest absolute Gasteiger partial charge is 0.493 e. The van der Waals surface area contributed by atoms with Gasteiger partial charge in [0.15, 0.2) is 11.7 Å². The van der Waals surface area contributed by atoms with E-state index in [1.54, 1.807) is 19.2 Å². The third kappa shape index (κ3) is 9.66. The van der Waals surface area contributed by atoms with E-state index in [9.17, 15) is 4.79 Å². The van der Waals surface area contributed by atoms with Gasteiger partial charge >= 0.3 is 0 Å². The third-order valence-corrected chi connectivity index (χ3v) is 3.61. The summed E-state index contributed by atoms with van der Waals surface area (Å²) < 4.78 is 15.8. The number of methoxy groups -OCH3 is 1. The normalized spacial score (nSPS) is 10.8. The van der Waals surface area contributed by atoms with Crippen LogP contribution in [-0.4, -0.2) is 51.8 Å². The van der Waals surface area contributed by atoms with Crippen LogP contribution in [-0.2, 0) is 4.74 Å². The molecule has 1 aromatic heterocycles. The number of hydrogen-bond donors (Lipinski definition) is 3. The van der Waals surface area contributed by atoms with E-state index in [4.69, 9.17) is 13.9 Å². The molecule has 0 radical (unpaired) electrons. The number of benzene rings is 1. The summed E-state index contributed by atoms with van der Waals surface area (Å²) in [4.78, 5) is 16.3. The summed E-state index contributed by atoms with van der Waals surface area (Å²) in [7, 11) is 1.68. The number of rotatable bonds is 11. The molecule has 9 heteroatoms. The molecule has 0 saturated carbocycles. The first-order valence-electron chi connectivity index (χ1n) is 9.31. The number of ether oxygens (including phenoxy) is 2. The van der Waals surface area contributed by atoms with E-state index >= 15 is 0 Å². The lowest BCUT2D eigenvalue weighted by molar-refractivity contribution is 0.0927. The lowest BCUT2D eigenvalue weighted by Gasteiger charge is -2.13. The number of amides is 1. The van der Waals surface area contributed by atoms with E-state index in [0.717, 1.165) is 24.4 Å². The number of anilines is 1. The first-order valence-corrected chi connectivity index (χ1v) is 9.31. The number of furan rings is 1. The van der Waals surface area contributed by atoms with Crippen LogP contribution >= 0.6 is 24.0 Å². The van der Waals surface area contributed by atoms with Crippen molar-refractivity contribution in [3.05, 3.63) is 48.4 Å². The Morgan fingerprint density at radius 3 is 2.76 bits per heavy atom. The second-order valence-electron chi connectivity index (χ2n) is 5.84. The summed E-state index contributed by atoms with van der Waals surface area (Å²) in [6.45, 7) is 4.81. The molecule has 160 valence electrons. The van der Waals surface area contributed by atoms with Gasteiger partial charge in [-0.3, -0.25) is 9.79 Å². The molecule has 8 nitrogen and oxygen atoms in total. The van der Waals surface area contributed by atoms with Crippen molar-refractivity contribution in [2.24, 2.45) is 4.99 Å². The molecule has 0 bridgehead atoms. The molecule has 29 heavy (non-hydrogen) atoms. The van der Waals surface area contributed by atoms with E-state index in [0.29, 0.717) is 32.3 Å². The average Bonchev–Trinajstić information content (AvgIpc) is 3.24. The highest BCUT2D eigenvalue weighted by Crippen LogP contribution is 2.17. The average molecular weight is 516 g/mol. The van der Waals surface area contributed by atoms with E-state index < -0.39 is 0 Å². The van der Waals surface area contributed by atoms with Crippen LogP contribution in [0.5, 0.6) is 5.75 Å². The molecule has 0 aliphatic rings. The standard InChI is InChI=1S/C20H28N4O4.HI/c1-3-21-20(23-11-10-22-19(25)18-9-5-13-28-18)24-16-7-4-8-17(15-16)27-14-6-12-26-2;/h4-5,7-9,13,15H,3,6,10-12,14H2,1-2H3,(H,22,25)(H2,21,23,24);1H. The minimum Gasteiger partial charge on any atom is -0.493 e. The molecule has 1 aromatic carbocycles. The number of guanidine groups is 1.